The maximum atomic E-state index is 6.71. The second-order valence-corrected chi connectivity index (χ2v) is 8.86. The first-order valence-electron chi connectivity index (χ1n) is 11.7. The Balaban J connectivity index is 1.52. The Hall–Kier alpha value is -4.17. The Labute approximate surface area is 200 Å². The minimum absolute atomic E-state index is 0.0257. The fourth-order valence-electron chi connectivity index (χ4n) is 5.47. The predicted molar refractivity (Wildman–Crippen MR) is 142 cm³/mol. The summed E-state index contributed by atoms with van der Waals surface area (Å²) >= 11 is 0. The highest BCUT2D eigenvalue weighted by Gasteiger charge is 2.40. The minimum atomic E-state index is 0.0257. The van der Waals surface area contributed by atoms with Crippen LogP contribution in [-0.2, 0) is 0 Å². The van der Waals surface area contributed by atoms with Crippen molar-refractivity contribution in [3.05, 3.63) is 121 Å². The van der Waals surface area contributed by atoms with Crippen LogP contribution in [0.4, 0.5) is 0 Å². The molecule has 0 amide bonds. The average Bonchev–Trinajstić information content (AvgIpc) is 2.91. The van der Waals surface area contributed by atoms with E-state index in [4.69, 9.17) is 9.47 Å². The zero-order valence-electron chi connectivity index (χ0n) is 18.5. The Morgan fingerprint density at radius 2 is 0.912 bits per heavy atom. The Morgan fingerprint density at radius 1 is 0.382 bits per heavy atom. The summed E-state index contributed by atoms with van der Waals surface area (Å²) in [6.45, 7) is 0.123. The normalized spacial score (nSPS) is 13.1. The summed E-state index contributed by atoms with van der Waals surface area (Å²) in [4.78, 5) is 0. The van der Waals surface area contributed by atoms with E-state index in [1.165, 1.54) is 21.9 Å². The second kappa shape index (κ2) is 7.71. The molecular weight excluding hydrogens is 414 g/mol. The third kappa shape index (κ3) is 2.92. The standard InChI is InChI=1S/C30H20B2O2/c1-3-11-21(12-4-1)31-23-15-7-10-18-27(23)34-30-25(31)19-20-28-29(30)32(22-13-5-2-6-14-22)24-16-8-9-17-26(24)33-28/h1-20H. The molecule has 2 heterocycles. The zero-order valence-corrected chi connectivity index (χ0v) is 18.5. The first-order chi connectivity index (χ1) is 16.9. The molecule has 0 fully saturated rings. The molecule has 0 radical (unpaired) electrons. The van der Waals surface area contributed by atoms with Gasteiger partial charge in [0.2, 0.25) is 0 Å². The number of rotatable bonds is 2. The fraction of sp³-hybridized carbons (Fsp3) is 0. The lowest BCUT2D eigenvalue weighted by Crippen LogP contribution is -2.60. The van der Waals surface area contributed by atoms with Crippen LogP contribution in [-0.4, -0.2) is 13.4 Å². The summed E-state index contributed by atoms with van der Waals surface area (Å²) in [5.41, 5.74) is 7.10. The van der Waals surface area contributed by atoms with Gasteiger partial charge in [-0.1, -0.05) is 114 Å². The van der Waals surface area contributed by atoms with Gasteiger partial charge in [-0.25, -0.2) is 0 Å². The van der Waals surface area contributed by atoms with Crippen LogP contribution < -0.4 is 42.3 Å². The van der Waals surface area contributed by atoms with Crippen LogP contribution in [0, 0.1) is 0 Å². The van der Waals surface area contributed by atoms with Gasteiger partial charge in [0.15, 0.2) is 0 Å². The number of ether oxygens (including phenoxy) is 2. The number of hydrogen-bond donors (Lipinski definition) is 0. The smallest absolute Gasteiger partial charge is 0.255 e. The van der Waals surface area contributed by atoms with Crippen LogP contribution in [0.5, 0.6) is 23.0 Å². The molecule has 4 heteroatoms. The third-order valence-electron chi connectivity index (χ3n) is 6.94. The maximum Gasteiger partial charge on any atom is 0.255 e. The highest BCUT2D eigenvalue weighted by Crippen LogP contribution is 2.31. The molecule has 0 atom stereocenters. The average molecular weight is 434 g/mol. The molecular formula is C30H20B2O2. The van der Waals surface area contributed by atoms with E-state index in [1.54, 1.807) is 0 Å². The summed E-state index contributed by atoms with van der Waals surface area (Å²) in [5, 5.41) is 0. The molecule has 2 aliphatic rings. The quantitative estimate of drug-likeness (QED) is 0.390. The van der Waals surface area contributed by atoms with E-state index in [0.29, 0.717) is 0 Å². The zero-order chi connectivity index (χ0) is 22.5. The van der Waals surface area contributed by atoms with Crippen molar-refractivity contribution < 1.29 is 9.47 Å². The lowest BCUT2D eigenvalue weighted by atomic mass is 9.32. The lowest BCUT2D eigenvalue weighted by molar-refractivity contribution is 0.469. The van der Waals surface area contributed by atoms with E-state index in [2.05, 4.69) is 109 Å². The molecule has 0 saturated heterocycles. The van der Waals surface area contributed by atoms with Crippen LogP contribution in [0.3, 0.4) is 0 Å². The molecule has 5 aromatic rings. The molecule has 5 aromatic carbocycles. The Morgan fingerprint density at radius 3 is 1.59 bits per heavy atom. The first-order valence-corrected chi connectivity index (χ1v) is 11.7. The number of hydrogen-bond acceptors (Lipinski definition) is 2. The minimum Gasteiger partial charge on any atom is -0.459 e. The number of para-hydroxylation sites is 2. The number of fused-ring (bicyclic) bond motifs is 5. The highest BCUT2D eigenvalue weighted by molar-refractivity contribution is 7.00. The molecule has 0 aromatic heterocycles. The number of benzene rings is 5. The molecule has 2 aliphatic heterocycles. The Kier molecular flexibility index (Phi) is 4.38. The van der Waals surface area contributed by atoms with Crippen molar-refractivity contribution >= 4 is 46.2 Å². The van der Waals surface area contributed by atoms with E-state index < -0.39 is 0 Å². The largest absolute Gasteiger partial charge is 0.459 e. The monoisotopic (exact) mass is 434 g/mol. The topological polar surface area (TPSA) is 18.5 Å². The van der Waals surface area contributed by atoms with Crippen molar-refractivity contribution in [3.8, 4) is 23.0 Å². The van der Waals surface area contributed by atoms with Crippen molar-refractivity contribution in [1.82, 2.24) is 0 Å². The van der Waals surface area contributed by atoms with Gasteiger partial charge in [-0.05, 0) is 34.6 Å². The molecule has 0 N–H and O–H groups in total. The summed E-state index contributed by atoms with van der Waals surface area (Å²) in [6, 6.07) is 42.4. The van der Waals surface area contributed by atoms with Crippen molar-refractivity contribution in [3.63, 3.8) is 0 Å². The van der Waals surface area contributed by atoms with Gasteiger partial charge in [-0.2, -0.15) is 0 Å². The molecule has 34 heavy (non-hydrogen) atoms. The second-order valence-electron chi connectivity index (χ2n) is 8.86. The molecule has 0 spiro atoms. The van der Waals surface area contributed by atoms with Crippen molar-refractivity contribution in [2.75, 3.05) is 0 Å². The molecule has 0 aliphatic carbocycles. The molecule has 0 saturated carbocycles. The SMILES string of the molecule is c1ccc(B2c3ccccc3Oc3c2ccc2c3B(c3ccccc3)c3ccccc3O2)cc1. The maximum absolute atomic E-state index is 6.71. The summed E-state index contributed by atoms with van der Waals surface area (Å²) in [6.07, 6.45) is 0. The van der Waals surface area contributed by atoms with Gasteiger partial charge in [-0.3, -0.25) is 0 Å². The molecule has 7 rings (SSSR count). The summed E-state index contributed by atoms with van der Waals surface area (Å²) < 4.78 is 13.2. The fourth-order valence-corrected chi connectivity index (χ4v) is 5.47. The van der Waals surface area contributed by atoms with Crippen LogP contribution in [0.2, 0.25) is 0 Å². The summed E-state index contributed by atoms with van der Waals surface area (Å²) in [7, 11) is 0. The lowest BCUT2D eigenvalue weighted by Gasteiger charge is -2.33. The molecule has 2 nitrogen and oxygen atoms in total. The van der Waals surface area contributed by atoms with Gasteiger partial charge in [0.25, 0.3) is 13.4 Å². The van der Waals surface area contributed by atoms with Gasteiger partial charge in [0.1, 0.15) is 23.0 Å². The van der Waals surface area contributed by atoms with Gasteiger partial charge in [-0.15, -0.1) is 0 Å². The predicted octanol–water partition coefficient (Wildman–Crippen LogP) is 2.93. The molecule has 0 unspecified atom stereocenters. The third-order valence-corrected chi connectivity index (χ3v) is 6.94. The van der Waals surface area contributed by atoms with Crippen molar-refractivity contribution in [1.29, 1.82) is 0 Å². The molecule has 158 valence electrons. The van der Waals surface area contributed by atoms with Crippen LogP contribution in [0.25, 0.3) is 0 Å². The van der Waals surface area contributed by atoms with Crippen LogP contribution in [0.15, 0.2) is 121 Å². The molecule has 0 bridgehead atoms. The summed E-state index contributed by atoms with van der Waals surface area (Å²) in [5.74, 6) is 3.58. The van der Waals surface area contributed by atoms with Gasteiger partial charge >= 0.3 is 0 Å². The van der Waals surface area contributed by atoms with E-state index in [0.717, 1.165) is 33.9 Å². The van der Waals surface area contributed by atoms with Crippen LogP contribution in [0.1, 0.15) is 0 Å². The first kappa shape index (κ1) is 19.3. The van der Waals surface area contributed by atoms with Crippen LogP contribution >= 0.6 is 0 Å². The van der Waals surface area contributed by atoms with E-state index in [9.17, 15) is 0 Å². The van der Waals surface area contributed by atoms with Crippen molar-refractivity contribution in [2.24, 2.45) is 0 Å². The van der Waals surface area contributed by atoms with Gasteiger partial charge in [0.05, 0.1) is 0 Å². The highest BCUT2D eigenvalue weighted by atomic mass is 16.5. The van der Waals surface area contributed by atoms with Gasteiger partial charge < -0.3 is 9.47 Å². The van der Waals surface area contributed by atoms with Gasteiger partial charge in [0, 0.05) is 5.46 Å². The Bertz CT molecular complexity index is 1520. The van der Waals surface area contributed by atoms with E-state index >= 15 is 0 Å². The van der Waals surface area contributed by atoms with E-state index in [-0.39, 0.29) is 13.4 Å². The van der Waals surface area contributed by atoms with Crippen molar-refractivity contribution in [2.45, 2.75) is 0 Å². The van der Waals surface area contributed by atoms with E-state index in [1.807, 2.05) is 12.1 Å².